The van der Waals surface area contributed by atoms with Crippen LogP contribution in [0.1, 0.15) is 33.6 Å². The largest absolute Gasteiger partial charge is 0.329 e. The predicted molar refractivity (Wildman–Crippen MR) is 70.4 cm³/mol. The molecule has 1 saturated heterocycles. The molecule has 0 amide bonds. The molecule has 3 heteroatoms. The lowest BCUT2D eigenvalue weighted by atomic mass is 9.70. The molecule has 1 atom stereocenters. The monoisotopic (exact) mass is 230 g/mol. The quantitative estimate of drug-likeness (QED) is 0.803. The maximum Gasteiger partial charge on any atom is 0.0469 e. The van der Waals surface area contributed by atoms with E-state index >= 15 is 0 Å². The number of likely N-dealkylation sites (N-methyl/N-ethyl adjacent to an activating group) is 1. The van der Waals surface area contributed by atoms with Crippen LogP contribution in [0.4, 0.5) is 0 Å². The molecule has 1 rings (SSSR count). The van der Waals surface area contributed by atoms with Gasteiger partial charge >= 0.3 is 0 Å². The molecule has 0 aliphatic carbocycles. The summed E-state index contributed by atoms with van der Waals surface area (Å²) >= 11 is 2.06. The summed E-state index contributed by atoms with van der Waals surface area (Å²) < 4.78 is 0. The van der Waals surface area contributed by atoms with Crippen LogP contribution >= 0.6 is 11.8 Å². The van der Waals surface area contributed by atoms with Gasteiger partial charge in [-0.3, -0.25) is 4.90 Å². The lowest BCUT2D eigenvalue weighted by Gasteiger charge is -2.54. The minimum atomic E-state index is 0.200. The van der Waals surface area contributed by atoms with Gasteiger partial charge in [-0.2, -0.15) is 11.8 Å². The second-order valence-corrected chi connectivity index (χ2v) is 6.45. The number of nitrogens with two attached hydrogens (primary N) is 1. The van der Waals surface area contributed by atoms with Crippen LogP contribution in [0.3, 0.4) is 0 Å². The fourth-order valence-corrected chi connectivity index (χ4v) is 4.53. The van der Waals surface area contributed by atoms with Crippen molar-refractivity contribution in [3.63, 3.8) is 0 Å². The van der Waals surface area contributed by atoms with Crippen LogP contribution in [0.5, 0.6) is 0 Å². The molecule has 0 aromatic rings. The summed E-state index contributed by atoms with van der Waals surface area (Å²) in [5.41, 5.74) is 6.63. The van der Waals surface area contributed by atoms with Crippen molar-refractivity contribution < 1.29 is 0 Å². The van der Waals surface area contributed by atoms with E-state index in [4.69, 9.17) is 5.73 Å². The first-order valence-electron chi connectivity index (χ1n) is 5.99. The van der Waals surface area contributed by atoms with Crippen LogP contribution < -0.4 is 5.73 Å². The van der Waals surface area contributed by atoms with Gasteiger partial charge < -0.3 is 5.73 Å². The molecule has 0 spiro atoms. The minimum absolute atomic E-state index is 0.200. The number of thioether (sulfide) groups is 1. The topological polar surface area (TPSA) is 29.3 Å². The summed E-state index contributed by atoms with van der Waals surface area (Å²) in [6, 6.07) is 0. The Bertz CT molecular complexity index is 206. The first-order chi connectivity index (χ1) is 7.00. The van der Waals surface area contributed by atoms with Crippen molar-refractivity contribution in [3.05, 3.63) is 0 Å². The average Bonchev–Trinajstić information content (AvgIpc) is 2.18. The van der Waals surface area contributed by atoms with Crippen LogP contribution in [0.2, 0.25) is 0 Å². The van der Waals surface area contributed by atoms with Crippen LogP contribution in [-0.4, -0.2) is 42.1 Å². The highest BCUT2D eigenvalue weighted by atomic mass is 32.2. The Morgan fingerprint density at radius 2 is 2.07 bits per heavy atom. The molecule has 15 heavy (non-hydrogen) atoms. The summed E-state index contributed by atoms with van der Waals surface area (Å²) in [5, 5.41) is 0. The standard InChI is InChI=1S/C12H26N2S/c1-5-7-14(4)12(9-13)10-15-8-6-11(12,2)3/h5-10,13H2,1-4H3. The summed E-state index contributed by atoms with van der Waals surface area (Å²) in [6.45, 7) is 8.94. The van der Waals surface area contributed by atoms with Crippen LogP contribution in [-0.2, 0) is 0 Å². The Kier molecular flexibility index (Phi) is 4.50. The molecule has 90 valence electrons. The van der Waals surface area contributed by atoms with E-state index in [0.717, 1.165) is 13.1 Å². The third-order valence-corrected chi connectivity index (χ3v) is 5.27. The zero-order valence-corrected chi connectivity index (χ0v) is 11.5. The summed E-state index contributed by atoms with van der Waals surface area (Å²) in [7, 11) is 2.24. The second-order valence-electron chi connectivity index (χ2n) is 5.34. The SMILES string of the molecule is CCCN(C)C1(CN)CSCCC1(C)C. The van der Waals surface area contributed by atoms with Crippen molar-refractivity contribution in [1.82, 2.24) is 4.90 Å². The number of hydrogen-bond acceptors (Lipinski definition) is 3. The highest BCUT2D eigenvalue weighted by molar-refractivity contribution is 7.99. The van der Waals surface area contributed by atoms with Gasteiger partial charge in [0.15, 0.2) is 0 Å². The Morgan fingerprint density at radius 1 is 1.40 bits per heavy atom. The summed E-state index contributed by atoms with van der Waals surface area (Å²) in [6.07, 6.45) is 2.49. The van der Waals surface area contributed by atoms with Crippen molar-refractivity contribution >= 4 is 11.8 Å². The molecule has 0 radical (unpaired) electrons. The Labute approximate surface area is 99.0 Å². The van der Waals surface area contributed by atoms with Crippen LogP contribution in [0.25, 0.3) is 0 Å². The van der Waals surface area contributed by atoms with E-state index in [-0.39, 0.29) is 5.54 Å². The molecule has 1 fully saturated rings. The first kappa shape index (κ1) is 13.3. The van der Waals surface area contributed by atoms with Gasteiger partial charge in [0.25, 0.3) is 0 Å². The zero-order chi connectivity index (χ0) is 11.5. The zero-order valence-electron chi connectivity index (χ0n) is 10.7. The third kappa shape index (κ3) is 2.34. The highest BCUT2D eigenvalue weighted by Crippen LogP contribution is 2.44. The van der Waals surface area contributed by atoms with Crippen molar-refractivity contribution in [2.24, 2.45) is 11.1 Å². The third-order valence-electron chi connectivity index (χ3n) is 4.10. The van der Waals surface area contributed by atoms with Gasteiger partial charge in [0.05, 0.1) is 0 Å². The number of nitrogens with zero attached hydrogens (tertiary/aromatic N) is 1. The molecule has 2 nitrogen and oxygen atoms in total. The average molecular weight is 230 g/mol. The Balaban J connectivity index is 2.88. The van der Waals surface area contributed by atoms with Gasteiger partial charge in [0.2, 0.25) is 0 Å². The Hall–Kier alpha value is 0.270. The van der Waals surface area contributed by atoms with E-state index in [0.29, 0.717) is 5.41 Å². The van der Waals surface area contributed by atoms with Gasteiger partial charge in [-0.25, -0.2) is 0 Å². The molecule has 1 heterocycles. The summed E-state index contributed by atoms with van der Waals surface area (Å²) in [5.74, 6) is 2.47. The molecular weight excluding hydrogens is 204 g/mol. The van der Waals surface area contributed by atoms with E-state index in [9.17, 15) is 0 Å². The van der Waals surface area contributed by atoms with Gasteiger partial charge in [-0.1, -0.05) is 20.8 Å². The lowest BCUT2D eigenvalue weighted by Crippen LogP contribution is -2.64. The lowest BCUT2D eigenvalue weighted by molar-refractivity contribution is 0.0205. The maximum absolute atomic E-state index is 6.09. The number of rotatable bonds is 4. The molecule has 0 bridgehead atoms. The van der Waals surface area contributed by atoms with E-state index in [1.165, 1.54) is 24.3 Å². The molecule has 2 N–H and O–H groups in total. The minimum Gasteiger partial charge on any atom is -0.329 e. The Morgan fingerprint density at radius 3 is 2.53 bits per heavy atom. The normalized spacial score (nSPS) is 30.8. The molecular formula is C12H26N2S. The van der Waals surface area contributed by atoms with Crippen molar-refractivity contribution in [1.29, 1.82) is 0 Å². The van der Waals surface area contributed by atoms with Gasteiger partial charge in [-0.05, 0) is 37.6 Å². The fourth-order valence-electron chi connectivity index (χ4n) is 2.66. The molecule has 0 saturated carbocycles. The van der Waals surface area contributed by atoms with Crippen molar-refractivity contribution in [2.75, 3.05) is 31.6 Å². The van der Waals surface area contributed by atoms with Gasteiger partial charge in [-0.15, -0.1) is 0 Å². The maximum atomic E-state index is 6.09. The van der Waals surface area contributed by atoms with E-state index in [1.807, 2.05) is 0 Å². The summed E-state index contributed by atoms with van der Waals surface area (Å²) in [4.78, 5) is 2.50. The van der Waals surface area contributed by atoms with E-state index < -0.39 is 0 Å². The molecule has 1 aliphatic rings. The molecule has 0 aromatic carbocycles. The predicted octanol–water partition coefficient (Wildman–Crippen LogP) is 2.19. The molecule has 1 aliphatic heterocycles. The van der Waals surface area contributed by atoms with E-state index in [1.54, 1.807) is 0 Å². The van der Waals surface area contributed by atoms with Gasteiger partial charge in [0.1, 0.15) is 0 Å². The first-order valence-corrected chi connectivity index (χ1v) is 7.15. The second kappa shape index (κ2) is 5.07. The van der Waals surface area contributed by atoms with Gasteiger partial charge in [0, 0.05) is 17.8 Å². The number of hydrogen-bond donors (Lipinski definition) is 1. The van der Waals surface area contributed by atoms with E-state index in [2.05, 4.69) is 44.5 Å². The van der Waals surface area contributed by atoms with Crippen LogP contribution in [0.15, 0.2) is 0 Å². The molecule has 1 unspecified atom stereocenters. The highest BCUT2D eigenvalue weighted by Gasteiger charge is 2.48. The van der Waals surface area contributed by atoms with Crippen LogP contribution in [0, 0.1) is 5.41 Å². The fraction of sp³-hybridized carbons (Fsp3) is 1.00. The smallest absolute Gasteiger partial charge is 0.0469 e. The molecule has 0 aromatic heterocycles. The van der Waals surface area contributed by atoms with Crippen molar-refractivity contribution in [3.8, 4) is 0 Å². The van der Waals surface area contributed by atoms with Crippen molar-refractivity contribution in [2.45, 2.75) is 39.2 Å².